The summed E-state index contributed by atoms with van der Waals surface area (Å²) >= 11 is 0. The highest BCUT2D eigenvalue weighted by Crippen LogP contribution is 2.38. The summed E-state index contributed by atoms with van der Waals surface area (Å²) in [5, 5.41) is 0. The fourth-order valence-electron chi connectivity index (χ4n) is 4.27. The molecule has 1 saturated heterocycles. The van der Waals surface area contributed by atoms with E-state index < -0.39 is 0 Å². The van der Waals surface area contributed by atoms with Gasteiger partial charge in [0, 0.05) is 18.5 Å². The number of carbonyl (C=O) groups excluding carboxylic acids is 1. The molecule has 2 aliphatic heterocycles. The Hall–Kier alpha value is -3.15. The Bertz CT molecular complexity index is 1130. The topological polar surface area (TPSA) is 64.6 Å². The Balaban J connectivity index is 1.45. The van der Waals surface area contributed by atoms with E-state index in [0.29, 0.717) is 18.8 Å². The zero-order valence-corrected chi connectivity index (χ0v) is 17.4. The number of hydrogen-bond donors (Lipinski definition) is 0. The van der Waals surface area contributed by atoms with Gasteiger partial charge in [-0.2, -0.15) is 0 Å². The van der Waals surface area contributed by atoms with Crippen LogP contribution in [0, 0.1) is 13.8 Å². The van der Waals surface area contributed by atoms with Crippen molar-refractivity contribution in [2.24, 2.45) is 0 Å². The number of rotatable bonds is 2. The maximum Gasteiger partial charge on any atom is 0.254 e. The number of benzene rings is 2. The summed E-state index contributed by atoms with van der Waals surface area (Å²) in [6, 6.07) is 11.7. The summed E-state index contributed by atoms with van der Waals surface area (Å²) in [6.07, 6.45) is 2.80. The molecule has 0 bridgehead atoms. The number of carbonyl (C=O) groups is 1. The van der Waals surface area contributed by atoms with Crippen molar-refractivity contribution in [1.29, 1.82) is 0 Å². The smallest absolute Gasteiger partial charge is 0.254 e. The maximum absolute atomic E-state index is 13.4. The van der Waals surface area contributed by atoms with Crippen molar-refractivity contribution in [3.8, 4) is 11.5 Å². The van der Waals surface area contributed by atoms with Crippen LogP contribution in [-0.2, 0) is 0 Å². The normalized spacial score (nSPS) is 18.5. The largest absolute Gasteiger partial charge is 0.490 e. The Morgan fingerprint density at radius 2 is 1.70 bits per heavy atom. The lowest BCUT2D eigenvalue weighted by atomic mass is 10.0. The molecule has 0 saturated carbocycles. The van der Waals surface area contributed by atoms with Crippen molar-refractivity contribution >= 4 is 16.9 Å². The summed E-state index contributed by atoms with van der Waals surface area (Å²) in [5.41, 5.74) is 5.12. The molecule has 3 aromatic rings. The van der Waals surface area contributed by atoms with Crippen LogP contribution in [0.5, 0.6) is 11.5 Å². The fourth-order valence-corrected chi connectivity index (χ4v) is 4.27. The van der Waals surface area contributed by atoms with E-state index in [-0.39, 0.29) is 11.9 Å². The van der Waals surface area contributed by atoms with Crippen LogP contribution in [-0.4, -0.2) is 40.5 Å². The molecule has 5 rings (SSSR count). The van der Waals surface area contributed by atoms with E-state index in [2.05, 4.69) is 16.0 Å². The predicted molar refractivity (Wildman–Crippen MR) is 114 cm³/mol. The zero-order valence-electron chi connectivity index (χ0n) is 17.4. The van der Waals surface area contributed by atoms with Gasteiger partial charge in [0.15, 0.2) is 11.5 Å². The van der Waals surface area contributed by atoms with Crippen molar-refractivity contribution < 1.29 is 14.3 Å². The van der Waals surface area contributed by atoms with Crippen LogP contribution in [0.15, 0.2) is 36.4 Å². The molecule has 2 aromatic carbocycles. The molecule has 6 nitrogen and oxygen atoms in total. The maximum atomic E-state index is 13.4. The molecule has 0 radical (unpaired) electrons. The fraction of sp³-hybridized carbons (Fsp3) is 0.375. The van der Waals surface area contributed by atoms with Gasteiger partial charge in [-0.25, -0.2) is 9.97 Å². The molecule has 1 aromatic heterocycles. The minimum absolute atomic E-state index is 0.0338. The molecular weight excluding hydrogens is 378 g/mol. The number of aryl methyl sites for hydroxylation is 2. The second-order valence-electron chi connectivity index (χ2n) is 8.01. The third kappa shape index (κ3) is 3.36. The van der Waals surface area contributed by atoms with Crippen molar-refractivity contribution in [3.05, 3.63) is 58.9 Å². The van der Waals surface area contributed by atoms with E-state index in [1.54, 1.807) is 0 Å². The summed E-state index contributed by atoms with van der Waals surface area (Å²) in [6.45, 7) is 5.96. The molecule has 30 heavy (non-hydrogen) atoms. The van der Waals surface area contributed by atoms with Gasteiger partial charge in [0.25, 0.3) is 5.91 Å². The van der Waals surface area contributed by atoms with Gasteiger partial charge in [-0.3, -0.25) is 4.79 Å². The van der Waals surface area contributed by atoms with Crippen LogP contribution in [0.1, 0.15) is 52.6 Å². The molecule has 6 heteroatoms. The van der Waals surface area contributed by atoms with E-state index in [9.17, 15) is 4.79 Å². The molecule has 1 amide bonds. The van der Waals surface area contributed by atoms with Gasteiger partial charge in [-0.1, -0.05) is 6.07 Å². The molecule has 0 unspecified atom stereocenters. The van der Waals surface area contributed by atoms with Crippen LogP contribution in [0.2, 0.25) is 0 Å². The molecule has 0 N–H and O–H groups in total. The average molecular weight is 403 g/mol. The quantitative estimate of drug-likeness (QED) is 0.635. The van der Waals surface area contributed by atoms with Gasteiger partial charge in [0.1, 0.15) is 0 Å². The van der Waals surface area contributed by atoms with E-state index in [1.165, 1.54) is 0 Å². The number of fused-ring (bicyclic) bond motifs is 2. The third-order valence-electron chi connectivity index (χ3n) is 5.99. The molecule has 3 heterocycles. The number of aromatic nitrogens is 2. The van der Waals surface area contributed by atoms with Gasteiger partial charge < -0.3 is 14.4 Å². The average Bonchev–Trinajstić information content (AvgIpc) is 3.12. The highest BCUT2D eigenvalue weighted by Gasteiger charge is 2.31. The number of hydrogen-bond acceptors (Lipinski definition) is 5. The van der Waals surface area contributed by atoms with E-state index in [4.69, 9.17) is 9.47 Å². The van der Waals surface area contributed by atoms with E-state index in [0.717, 1.165) is 65.3 Å². The van der Waals surface area contributed by atoms with Crippen molar-refractivity contribution in [1.82, 2.24) is 14.9 Å². The molecule has 0 spiro atoms. The van der Waals surface area contributed by atoms with Gasteiger partial charge in [0.05, 0.1) is 41.7 Å². The van der Waals surface area contributed by atoms with Gasteiger partial charge in [-0.05, 0) is 62.6 Å². The first kappa shape index (κ1) is 18.9. The summed E-state index contributed by atoms with van der Waals surface area (Å²) in [7, 11) is 0. The third-order valence-corrected chi connectivity index (χ3v) is 5.99. The number of likely N-dealkylation sites (tertiary alicyclic amines) is 1. The molecule has 0 aliphatic carbocycles. The minimum Gasteiger partial charge on any atom is -0.490 e. The Labute approximate surface area is 175 Å². The SMILES string of the molecule is Cc1nc2ccc(C(=O)N3CCC[C@H]3c3ccc4c(c3)OCCCO4)cc2nc1C. The number of ether oxygens (including phenoxy) is 2. The minimum atomic E-state index is 0.0338. The van der Waals surface area contributed by atoms with Gasteiger partial charge in [-0.15, -0.1) is 0 Å². The van der Waals surface area contributed by atoms with Crippen LogP contribution >= 0.6 is 0 Å². The van der Waals surface area contributed by atoms with Gasteiger partial charge in [0.2, 0.25) is 0 Å². The Morgan fingerprint density at radius 3 is 2.53 bits per heavy atom. The van der Waals surface area contributed by atoms with Crippen LogP contribution in [0.3, 0.4) is 0 Å². The number of nitrogens with zero attached hydrogens (tertiary/aromatic N) is 3. The van der Waals surface area contributed by atoms with E-state index >= 15 is 0 Å². The summed E-state index contributed by atoms with van der Waals surface area (Å²) in [4.78, 5) is 24.5. The monoisotopic (exact) mass is 403 g/mol. The molecule has 1 atom stereocenters. The van der Waals surface area contributed by atoms with E-state index in [1.807, 2.05) is 49.1 Å². The second kappa shape index (κ2) is 7.59. The van der Waals surface area contributed by atoms with Crippen LogP contribution < -0.4 is 9.47 Å². The van der Waals surface area contributed by atoms with Crippen molar-refractivity contribution in [2.45, 2.75) is 39.2 Å². The lowest BCUT2D eigenvalue weighted by molar-refractivity contribution is 0.0735. The van der Waals surface area contributed by atoms with Crippen LogP contribution in [0.4, 0.5) is 0 Å². The molecule has 2 aliphatic rings. The van der Waals surface area contributed by atoms with Gasteiger partial charge >= 0.3 is 0 Å². The number of amides is 1. The van der Waals surface area contributed by atoms with Crippen molar-refractivity contribution in [2.75, 3.05) is 19.8 Å². The summed E-state index contributed by atoms with van der Waals surface area (Å²) in [5.74, 6) is 1.59. The Morgan fingerprint density at radius 1 is 0.933 bits per heavy atom. The van der Waals surface area contributed by atoms with Crippen molar-refractivity contribution in [3.63, 3.8) is 0 Å². The predicted octanol–water partition coefficient (Wildman–Crippen LogP) is 4.39. The Kier molecular flexibility index (Phi) is 4.77. The first-order valence-electron chi connectivity index (χ1n) is 10.6. The highest BCUT2D eigenvalue weighted by atomic mass is 16.5. The molecular formula is C24H25N3O3. The molecule has 1 fully saturated rings. The molecule has 154 valence electrons. The summed E-state index contributed by atoms with van der Waals surface area (Å²) < 4.78 is 11.6. The first-order chi connectivity index (χ1) is 14.6. The zero-order chi connectivity index (χ0) is 20.7. The lowest BCUT2D eigenvalue weighted by Crippen LogP contribution is -2.30. The highest BCUT2D eigenvalue weighted by molar-refractivity contribution is 5.97. The second-order valence-corrected chi connectivity index (χ2v) is 8.01. The first-order valence-corrected chi connectivity index (χ1v) is 10.6. The standard InChI is InChI=1S/C24H25N3O3/c1-15-16(2)26-20-13-18(6-8-19(20)25-15)24(28)27-10-3-5-21(27)17-7-9-22-23(14-17)30-12-4-11-29-22/h6-9,13-14,21H,3-5,10-12H2,1-2H3/t21-/m0/s1. The van der Waals surface area contributed by atoms with Crippen LogP contribution in [0.25, 0.3) is 11.0 Å². The lowest BCUT2D eigenvalue weighted by Gasteiger charge is -2.26.